The van der Waals surface area contributed by atoms with Crippen molar-refractivity contribution in [2.75, 3.05) is 0 Å². The number of ether oxygens (including phenoxy) is 1. The van der Waals surface area contributed by atoms with E-state index in [0.29, 0.717) is 12.3 Å². The van der Waals surface area contributed by atoms with Gasteiger partial charge in [-0.3, -0.25) is 4.79 Å². The third kappa shape index (κ3) is 5.64. The van der Waals surface area contributed by atoms with Gasteiger partial charge in [0.15, 0.2) is 0 Å². The summed E-state index contributed by atoms with van der Waals surface area (Å²) in [5.41, 5.74) is 5.73. The van der Waals surface area contributed by atoms with E-state index < -0.39 is 0 Å². The van der Waals surface area contributed by atoms with Crippen LogP contribution in [0.1, 0.15) is 40.5 Å². The summed E-state index contributed by atoms with van der Waals surface area (Å²) >= 11 is 0. The molecule has 0 aromatic heterocycles. The summed E-state index contributed by atoms with van der Waals surface area (Å²) < 4.78 is 5.10. The number of hydrogen-bond acceptors (Lipinski definition) is 3. The topological polar surface area (TPSA) is 52.3 Å². The molecular weight excluding hydrogens is 166 g/mol. The summed E-state index contributed by atoms with van der Waals surface area (Å²) in [6, 6.07) is -0.0865. The maximum Gasteiger partial charge on any atom is 0.307 e. The van der Waals surface area contributed by atoms with Gasteiger partial charge in [-0.15, -0.1) is 0 Å². The molecule has 0 heterocycles. The lowest BCUT2D eigenvalue weighted by atomic mass is 10.0. The Morgan fingerprint density at radius 1 is 1.38 bits per heavy atom. The summed E-state index contributed by atoms with van der Waals surface area (Å²) in [6.07, 6.45) is 1.18. The molecule has 0 radical (unpaired) electrons. The predicted octanol–water partition coefficient (Wildman–Crippen LogP) is 1.70. The third-order valence-corrected chi connectivity index (χ3v) is 2.17. The van der Waals surface area contributed by atoms with Gasteiger partial charge in [0.1, 0.15) is 0 Å². The molecule has 0 saturated carbocycles. The SMILES string of the molecule is CCC(C)OC(=O)C[C@H](N)C(C)C. The minimum Gasteiger partial charge on any atom is -0.463 e. The minimum atomic E-state index is -0.185. The fraction of sp³-hybridized carbons (Fsp3) is 0.900. The molecule has 78 valence electrons. The molecule has 0 saturated heterocycles. The van der Waals surface area contributed by atoms with Crippen molar-refractivity contribution in [3.05, 3.63) is 0 Å². The Morgan fingerprint density at radius 2 is 1.92 bits per heavy atom. The van der Waals surface area contributed by atoms with Crippen LogP contribution in [-0.4, -0.2) is 18.1 Å². The van der Waals surface area contributed by atoms with Crippen molar-refractivity contribution < 1.29 is 9.53 Å². The Balaban J connectivity index is 3.74. The van der Waals surface area contributed by atoms with E-state index in [1.54, 1.807) is 0 Å². The van der Waals surface area contributed by atoms with Crippen molar-refractivity contribution in [3.8, 4) is 0 Å². The van der Waals surface area contributed by atoms with Gasteiger partial charge in [-0.05, 0) is 19.3 Å². The average Bonchev–Trinajstić information content (AvgIpc) is 2.03. The molecule has 2 atom stereocenters. The highest BCUT2D eigenvalue weighted by Gasteiger charge is 2.15. The van der Waals surface area contributed by atoms with Crippen LogP contribution in [0.25, 0.3) is 0 Å². The molecule has 0 amide bonds. The number of hydrogen-bond donors (Lipinski definition) is 1. The molecule has 0 fully saturated rings. The van der Waals surface area contributed by atoms with Crippen LogP contribution < -0.4 is 5.73 Å². The number of carbonyl (C=O) groups excluding carboxylic acids is 1. The second kappa shape index (κ2) is 5.97. The molecule has 0 spiro atoms. The summed E-state index contributed by atoms with van der Waals surface area (Å²) in [7, 11) is 0. The van der Waals surface area contributed by atoms with Crippen molar-refractivity contribution in [2.45, 2.75) is 52.7 Å². The van der Waals surface area contributed by atoms with E-state index in [2.05, 4.69) is 0 Å². The first-order valence-corrected chi connectivity index (χ1v) is 4.92. The zero-order valence-corrected chi connectivity index (χ0v) is 9.04. The molecule has 0 bridgehead atoms. The molecule has 0 aromatic rings. The summed E-state index contributed by atoms with van der Waals surface area (Å²) in [6.45, 7) is 7.88. The van der Waals surface area contributed by atoms with Crippen LogP contribution in [0, 0.1) is 5.92 Å². The van der Waals surface area contributed by atoms with Gasteiger partial charge in [0.05, 0.1) is 12.5 Å². The van der Waals surface area contributed by atoms with Gasteiger partial charge in [0.25, 0.3) is 0 Å². The standard InChI is InChI=1S/C10H21NO2/c1-5-8(4)13-10(12)6-9(11)7(2)3/h7-9H,5-6,11H2,1-4H3/t8?,9-/m0/s1. The largest absolute Gasteiger partial charge is 0.463 e. The smallest absolute Gasteiger partial charge is 0.307 e. The lowest BCUT2D eigenvalue weighted by Gasteiger charge is -2.16. The van der Waals surface area contributed by atoms with Gasteiger partial charge in [0.2, 0.25) is 0 Å². The van der Waals surface area contributed by atoms with Crippen molar-refractivity contribution in [1.29, 1.82) is 0 Å². The van der Waals surface area contributed by atoms with Gasteiger partial charge in [-0.25, -0.2) is 0 Å². The zero-order chi connectivity index (χ0) is 10.4. The molecule has 0 aromatic carbocycles. The quantitative estimate of drug-likeness (QED) is 0.666. The first-order valence-electron chi connectivity index (χ1n) is 4.92. The average molecular weight is 187 g/mol. The van der Waals surface area contributed by atoms with Crippen molar-refractivity contribution in [1.82, 2.24) is 0 Å². The fourth-order valence-electron chi connectivity index (χ4n) is 0.784. The Morgan fingerprint density at radius 3 is 2.31 bits per heavy atom. The van der Waals surface area contributed by atoms with E-state index in [0.717, 1.165) is 6.42 Å². The van der Waals surface area contributed by atoms with Crippen LogP contribution in [0.15, 0.2) is 0 Å². The predicted molar refractivity (Wildman–Crippen MR) is 53.3 cm³/mol. The van der Waals surface area contributed by atoms with Gasteiger partial charge < -0.3 is 10.5 Å². The van der Waals surface area contributed by atoms with Gasteiger partial charge in [-0.2, -0.15) is 0 Å². The second-order valence-electron chi connectivity index (χ2n) is 3.82. The summed E-state index contributed by atoms with van der Waals surface area (Å²) in [4.78, 5) is 11.2. The van der Waals surface area contributed by atoms with E-state index in [-0.39, 0.29) is 18.1 Å². The number of esters is 1. The molecule has 3 heteroatoms. The van der Waals surface area contributed by atoms with Crippen LogP contribution >= 0.6 is 0 Å². The summed E-state index contributed by atoms with van der Waals surface area (Å²) in [5, 5.41) is 0. The third-order valence-electron chi connectivity index (χ3n) is 2.17. The van der Waals surface area contributed by atoms with E-state index in [9.17, 15) is 4.79 Å². The van der Waals surface area contributed by atoms with Gasteiger partial charge in [0, 0.05) is 6.04 Å². The van der Waals surface area contributed by atoms with Crippen molar-refractivity contribution in [3.63, 3.8) is 0 Å². The Labute approximate surface area is 80.6 Å². The van der Waals surface area contributed by atoms with Crippen LogP contribution in [0.2, 0.25) is 0 Å². The first kappa shape index (κ1) is 12.4. The summed E-state index contributed by atoms with van der Waals surface area (Å²) in [5.74, 6) is 0.139. The Bertz CT molecular complexity index is 157. The molecule has 2 N–H and O–H groups in total. The number of nitrogens with two attached hydrogens (primary N) is 1. The molecule has 0 aliphatic carbocycles. The zero-order valence-electron chi connectivity index (χ0n) is 9.04. The highest BCUT2D eigenvalue weighted by Crippen LogP contribution is 2.06. The molecule has 1 unspecified atom stereocenters. The van der Waals surface area contributed by atoms with E-state index in [1.807, 2.05) is 27.7 Å². The molecule has 0 rings (SSSR count). The molecular formula is C10H21NO2. The van der Waals surface area contributed by atoms with Crippen molar-refractivity contribution in [2.24, 2.45) is 11.7 Å². The van der Waals surface area contributed by atoms with Crippen LogP contribution in [0.5, 0.6) is 0 Å². The first-order chi connectivity index (χ1) is 5.97. The highest BCUT2D eigenvalue weighted by atomic mass is 16.5. The minimum absolute atomic E-state index is 0.00635. The van der Waals surface area contributed by atoms with Crippen LogP contribution in [0.4, 0.5) is 0 Å². The lowest BCUT2D eigenvalue weighted by Crippen LogP contribution is -2.31. The maximum atomic E-state index is 11.2. The highest BCUT2D eigenvalue weighted by molar-refractivity contribution is 5.70. The Hall–Kier alpha value is -0.570. The van der Waals surface area contributed by atoms with Crippen LogP contribution in [-0.2, 0) is 9.53 Å². The molecule has 3 nitrogen and oxygen atoms in total. The normalized spacial score (nSPS) is 15.5. The molecule has 0 aliphatic heterocycles. The lowest BCUT2D eigenvalue weighted by molar-refractivity contribution is -0.148. The monoisotopic (exact) mass is 187 g/mol. The van der Waals surface area contributed by atoms with E-state index >= 15 is 0 Å². The molecule has 0 aliphatic rings. The fourth-order valence-corrected chi connectivity index (χ4v) is 0.784. The second-order valence-corrected chi connectivity index (χ2v) is 3.82. The van der Waals surface area contributed by atoms with E-state index in [4.69, 9.17) is 10.5 Å². The Kier molecular flexibility index (Phi) is 5.71. The van der Waals surface area contributed by atoms with Crippen LogP contribution in [0.3, 0.4) is 0 Å². The van der Waals surface area contributed by atoms with Gasteiger partial charge >= 0.3 is 5.97 Å². The van der Waals surface area contributed by atoms with E-state index in [1.165, 1.54) is 0 Å². The maximum absolute atomic E-state index is 11.2. The number of carbonyl (C=O) groups is 1. The molecule has 13 heavy (non-hydrogen) atoms. The number of rotatable bonds is 5. The van der Waals surface area contributed by atoms with Crippen molar-refractivity contribution >= 4 is 5.97 Å². The van der Waals surface area contributed by atoms with Gasteiger partial charge in [-0.1, -0.05) is 20.8 Å².